The lowest BCUT2D eigenvalue weighted by atomic mass is 9.42. The molecule has 6 aliphatic rings. The summed E-state index contributed by atoms with van der Waals surface area (Å²) < 4.78 is 31.6. The number of hydrogen-bond donors (Lipinski definition) is 0. The quantitative estimate of drug-likeness (QED) is 0.663. The monoisotopic (exact) mass is 420 g/mol. The minimum absolute atomic E-state index is 0.142. The second-order valence-corrected chi connectivity index (χ2v) is 11.3. The van der Waals surface area contributed by atoms with Crippen LogP contribution in [0.4, 0.5) is 0 Å². The van der Waals surface area contributed by atoms with Crippen LogP contribution in [-0.4, -0.2) is 52.2 Å². The van der Waals surface area contributed by atoms with Crippen LogP contribution in [0, 0.1) is 40.4 Å². The fourth-order valence-electron chi connectivity index (χ4n) is 9.65. The molecule has 2 heterocycles. The van der Waals surface area contributed by atoms with Crippen LogP contribution in [-0.2, 0) is 23.7 Å². The third-order valence-electron chi connectivity index (χ3n) is 10.6. The van der Waals surface area contributed by atoms with Gasteiger partial charge >= 0.3 is 0 Å². The summed E-state index contributed by atoms with van der Waals surface area (Å²) in [5.41, 5.74) is 0.317. The molecule has 4 aliphatic carbocycles. The maximum absolute atomic E-state index is 6.56. The minimum Gasteiger partial charge on any atom is -0.384 e. The summed E-state index contributed by atoms with van der Waals surface area (Å²) in [6.45, 7) is 6.02. The third kappa shape index (κ3) is 2.59. The van der Waals surface area contributed by atoms with Crippen molar-refractivity contribution in [2.24, 2.45) is 40.4 Å². The van der Waals surface area contributed by atoms with E-state index in [0.29, 0.717) is 49.6 Å². The summed E-state index contributed by atoms with van der Waals surface area (Å²) in [5, 5.41) is 0. The second kappa shape index (κ2) is 7.41. The molecule has 170 valence electrons. The van der Waals surface area contributed by atoms with Gasteiger partial charge in [0.15, 0.2) is 12.1 Å². The Kier molecular flexibility index (Phi) is 5.04. The summed E-state index contributed by atoms with van der Waals surface area (Å²) in [4.78, 5) is 0. The molecular weight excluding hydrogens is 380 g/mol. The summed E-state index contributed by atoms with van der Waals surface area (Å²) in [7, 11) is 1.89. The Labute approximate surface area is 181 Å². The van der Waals surface area contributed by atoms with Crippen molar-refractivity contribution in [1.29, 1.82) is 0 Å². The van der Waals surface area contributed by atoms with Gasteiger partial charge in [-0.3, -0.25) is 0 Å². The fourth-order valence-corrected chi connectivity index (χ4v) is 9.65. The molecule has 0 amide bonds. The van der Waals surface area contributed by atoms with E-state index in [0.717, 1.165) is 31.3 Å². The van der Waals surface area contributed by atoms with E-state index >= 15 is 0 Å². The number of ether oxygens (including phenoxy) is 5. The van der Waals surface area contributed by atoms with Crippen molar-refractivity contribution in [2.45, 2.75) is 76.8 Å². The average Bonchev–Trinajstić information content (AvgIpc) is 2.92. The highest BCUT2D eigenvalue weighted by molar-refractivity contribution is 5.16. The zero-order valence-corrected chi connectivity index (χ0v) is 18.9. The molecule has 1 spiro atoms. The number of rotatable bonds is 2. The van der Waals surface area contributed by atoms with Gasteiger partial charge in [0.2, 0.25) is 0 Å². The minimum atomic E-state index is -0.499. The van der Waals surface area contributed by atoms with E-state index in [1.165, 1.54) is 44.9 Å². The van der Waals surface area contributed by atoms with Crippen LogP contribution in [0.1, 0.15) is 64.7 Å². The second-order valence-electron chi connectivity index (χ2n) is 11.3. The molecule has 5 heteroatoms. The predicted molar refractivity (Wildman–Crippen MR) is 112 cm³/mol. The van der Waals surface area contributed by atoms with Crippen LogP contribution in [0.15, 0.2) is 0 Å². The van der Waals surface area contributed by atoms with Gasteiger partial charge < -0.3 is 23.7 Å². The SMILES string of the molecule is COC[C@H]1C[C@@H]2[C@H](CC[C@]34C5OCCOC3(CC[C@@H]24)OCCO5)[C@@]2(C)CCCCC12. The van der Waals surface area contributed by atoms with Crippen LogP contribution in [0.2, 0.25) is 0 Å². The average molecular weight is 421 g/mol. The van der Waals surface area contributed by atoms with E-state index in [4.69, 9.17) is 23.7 Å². The molecule has 6 fully saturated rings. The lowest BCUT2D eigenvalue weighted by molar-refractivity contribution is -0.320. The van der Waals surface area contributed by atoms with Crippen LogP contribution >= 0.6 is 0 Å². The summed E-state index contributed by atoms with van der Waals surface area (Å²) in [6.07, 6.45) is 11.3. The third-order valence-corrected chi connectivity index (χ3v) is 10.6. The van der Waals surface area contributed by atoms with Crippen LogP contribution < -0.4 is 0 Å². The number of methoxy groups -OCH3 is 1. The van der Waals surface area contributed by atoms with Gasteiger partial charge in [-0.25, -0.2) is 0 Å². The highest BCUT2D eigenvalue weighted by Gasteiger charge is 2.73. The lowest BCUT2D eigenvalue weighted by Gasteiger charge is -2.63. The van der Waals surface area contributed by atoms with Crippen LogP contribution in [0.25, 0.3) is 0 Å². The van der Waals surface area contributed by atoms with Crippen molar-refractivity contribution in [3.63, 3.8) is 0 Å². The predicted octanol–water partition coefficient (Wildman–Crippen LogP) is 4.39. The normalized spacial score (nSPS) is 55.4. The first-order valence-corrected chi connectivity index (χ1v) is 12.6. The molecule has 5 nitrogen and oxygen atoms in total. The molecule has 0 N–H and O–H groups in total. The zero-order chi connectivity index (χ0) is 20.4. The van der Waals surface area contributed by atoms with Gasteiger partial charge in [-0.15, -0.1) is 0 Å². The summed E-state index contributed by atoms with van der Waals surface area (Å²) >= 11 is 0. The highest BCUT2D eigenvalue weighted by Crippen LogP contribution is 2.71. The highest BCUT2D eigenvalue weighted by atomic mass is 16.8. The van der Waals surface area contributed by atoms with Crippen molar-refractivity contribution in [2.75, 3.05) is 40.1 Å². The molecule has 2 bridgehead atoms. The molecule has 2 aliphatic heterocycles. The van der Waals surface area contributed by atoms with E-state index in [1.54, 1.807) is 0 Å². The topological polar surface area (TPSA) is 46.2 Å². The van der Waals surface area contributed by atoms with Gasteiger partial charge in [-0.2, -0.15) is 0 Å². The Hall–Kier alpha value is -0.200. The van der Waals surface area contributed by atoms with E-state index in [-0.39, 0.29) is 11.7 Å². The van der Waals surface area contributed by atoms with Gasteiger partial charge in [0, 0.05) is 20.1 Å². The molecule has 2 saturated heterocycles. The Morgan fingerprint density at radius 1 is 0.833 bits per heavy atom. The molecule has 0 aromatic rings. The van der Waals surface area contributed by atoms with Gasteiger partial charge in [-0.05, 0) is 73.5 Å². The molecule has 0 radical (unpaired) electrons. The molecule has 1 unspecified atom stereocenters. The Balaban J connectivity index is 1.41. The standard InChI is InChI=1S/C25H40O5/c1-23-8-4-3-5-19(23)17(16-26-2)15-18-20(23)6-9-24-21(18)7-10-25(24)29-13-11-27-22(24)28-12-14-30-25/h17-22H,3-16H2,1-2H3/t17-,18-,19?,20+,21+,22?,23+,24+,25?/m1/s1. The molecule has 30 heavy (non-hydrogen) atoms. The van der Waals surface area contributed by atoms with Crippen LogP contribution in [0.5, 0.6) is 0 Å². The Morgan fingerprint density at radius 3 is 2.37 bits per heavy atom. The van der Waals surface area contributed by atoms with Crippen LogP contribution in [0.3, 0.4) is 0 Å². The molecular formula is C25H40O5. The van der Waals surface area contributed by atoms with Gasteiger partial charge in [0.05, 0.1) is 31.8 Å². The molecule has 4 saturated carbocycles. The van der Waals surface area contributed by atoms with E-state index in [1.807, 2.05) is 7.11 Å². The first-order chi connectivity index (χ1) is 14.6. The van der Waals surface area contributed by atoms with Crippen molar-refractivity contribution < 1.29 is 23.7 Å². The summed E-state index contributed by atoms with van der Waals surface area (Å²) in [5.74, 6) is 3.10. The fraction of sp³-hybridized carbons (Fsp3) is 1.00. The molecule has 6 rings (SSSR count). The molecule has 7 atom stereocenters. The maximum atomic E-state index is 6.56. The first-order valence-electron chi connectivity index (χ1n) is 12.6. The van der Waals surface area contributed by atoms with Gasteiger partial charge in [-0.1, -0.05) is 19.8 Å². The molecule has 0 aromatic heterocycles. The smallest absolute Gasteiger partial charge is 0.179 e. The maximum Gasteiger partial charge on any atom is 0.179 e. The molecule has 0 aromatic carbocycles. The largest absolute Gasteiger partial charge is 0.384 e. The van der Waals surface area contributed by atoms with Gasteiger partial charge in [0.1, 0.15) is 0 Å². The summed E-state index contributed by atoms with van der Waals surface area (Å²) in [6, 6.07) is 0. The van der Waals surface area contributed by atoms with Crippen molar-refractivity contribution in [3.05, 3.63) is 0 Å². The van der Waals surface area contributed by atoms with Crippen molar-refractivity contribution in [1.82, 2.24) is 0 Å². The Morgan fingerprint density at radius 2 is 1.60 bits per heavy atom. The van der Waals surface area contributed by atoms with Gasteiger partial charge in [0.25, 0.3) is 0 Å². The zero-order valence-electron chi connectivity index (χ0n) is 18.9. The van der Waals surface area contributed by atoms with E-state index in [2.05, 4.69) is 6.92 Å². The van der Waals surface area contributed by atoms with Crippen molar-refractivity contribution >= 4 is 0 Å². The first kappa shape index (κ1) is 20.4. The lowest BCUT2D eigenvalue weighted by Crippen LogP contribution is -2.63. The number of hydrogen-bond acceptors (Lipinski definition) is 5. The van der Waals surface area contributed by atoms with Crippen molar-refractivity contribution in [3.8, 4) is 0 Å². The Bertz CT molecular complexity index is 641. The van der Waals surface area contributed by atoms with E-state index < -0.39 is 5.79 Å². The number of fused-ring (bicyclic) bond motifs is 4. The van der Waals surface area contributed by atoms with E-state index in [9.17, 15) is 0 Å².